The fourth-order valence-corrected chi connectivity index (χ4v) is 6.25. The number of thioether (sulfide) groups is 1. The van der Waals surface area contributed by atoms with E-state index in [1.54, 1.807) is 36.4 Å². The summed E-state index contributed by atoms with van der Waals surface area (Å²) in [6.07, 6.45) is 2.10. The number of para-hydroxylation sites is 1. The second-order valence-electron chi connectivity index (χ2n) is 12.4. The third kappa shape index (κ3) is 9.13. The van der Waals surface area contributed by atoms with Crippen molar-refractivity contribution in [3.63, 3.8) is 0 Å². The fourth-order valence-electron chi connectivity index (χ4n) is 5.79. The number of carbonyl (C=O) groups is 5. The number of rotatable bonds is 17. The molecule has 4 atom stereocenters. The van der Waals surface area contributed by atoms with Gasteiger partial charge in [0.25, 0.3) is 5.91 Å². The van der Waals surface area contributed by atoms with Gasteiger partial charge in [0.2, 0.25) is 17.7 Å². The van der Waals surface area contributed by atoms with Gasteiger partial charge in [-0.2, -0.15) is 20.5 Å². The van der Waals surface area contributed by atoms with Crippen LogP contribution in [-0.4, -0.2) is 97.1 Å². The number of aromatic hydroxyl groups is 1. The van der Waals surface area contributed by atoms with E-state index in [4.69, 9.17) is 11.5 Å². The first-order valence-electron chi connectivity index (χ1n) is 16.5. The number of phenols is 1. The average Bonchev–Trinajstić information content (AvgIpc) is 3.53. The molecule has 13 nitrogen and oxygen atoms in total. The highest BCUT2D eigenvalue weighted by Gasteiger charge is 2.70. The number of phenolic OH excluding ortho intramolecular Hbond substituents is 1. The van der Waals surface area contributed by atoms with E-state index in [1.807, 2.05) is 5.32 Å². The summed E-state index contributed by atoms with van der Waals surface area (Å²) >= 11 is 0.996. The number of hydrogen-bond acceptors (Lipinski definition) is 10. The van der Waals surface area contributed by atoms with Crippen molar-refractivity contribution in [2.45, 2.75) is 49.1 Å². The van der Waals surface area contributed by atoms with Crippen LogP contribution in [0.1, 0.15) is 27.9 Å². The maximum Gasteiger partial charge on any atom is 0.365 e. The van der Waals surface area contributed by atoms with Crippen molar-refractivity contribution >= 4 is 52.3 Å². The summed E-state index contributed by atoms with van der Waals surface area (Å²) in [6, 6.07) is 12.0. The van der Waals surface area contributed by atoms with Crippen LogP contribution in [0.4, 0.5) is 22.1 Å². The van der Waals surface area contributed by atoms with Crippen LogP contribution in [0.5, 0.6) is 5.75 Å². The van der Waals surface area contributed by atoms with Crippen LogP contribution in [-0.2, 0) is 37.9 Å². The molecule has 0 aliphatic rings. The maximum absolute atomic E-state index is 16.0. The van der Waals surface area contributed by atoms with E-state index in [1.165, 1.54) is 35.2 Å². The Morgan fingerprint density at radius 3 is 2.11 bits per heavy atom. The number of benzene rings is 3. The number of carboxylic acids is 1. The van der Waals surface area contributed by atoms with E-state index >= 15 is 13.2 Å². The first-order chi connectivity index (χ1) is 25.9. The number of amides is 3. The van der Waals surface area contributed by atoms with E-state index < -0.39 is 88.2 Å². The molecule has 0 saturated carbocycles. The molecule has 55 heavy (non-hydrogen) atoms. The number of aliphatic carboxylic acids is 1. The molecule has 7 N–H and O–H groups in total. The summed E-state index contributed by atoms with van der Waals surface area (Å²) < 4.78 is 76.5. The topological polar surface area (TPSA) is 201 Å². The molecule has 19 heteroatoms. The molecule has 0 spiro atoms. The number of nitrogens with two attached hydrogens (primary N) is 2. The SMILES string of the molecule is CSCC[C@@H](C(=O)O)N(C(=O)CNC(=O)[C@H](N)Cc1cn(C(=O)[C@@H](N)Cc2ccc(O)cc2)c2ccccc12)C(=O)[C@@](F)(N(F)F)C(F)(F)c1ccccc1. The van der Waals surface area contributed by atoms with Crippen molar-refractivity contribution in [2.24, 2.45) is 11.5 Å². The van der Waals surface area contributed by atoms with Gasteiger partial charge in [-0.1, -0.05) is 69.6 Å². The van der Waals surface area contributed by atoms with E-state index in [0.717, 1.165) is 23.9 Å². The minimum absolute atomic E-state index is 0.0334. The maximum atomic E-state index is 16.0. The van der Waals surface area contributed by atoms with Crippen LogP contribution >= 0.6 is 11.8 Å². The van der Waals surface area contributed by atoms with Gasteiger partial charge < -0.3 is 27.0 Å². The fraction of sp³-hybridized carbons (Fsp3) is 0.306. The Labute approximate surface area is 314 Å². The Morgan fingerprint density at radius 2 is 1.51 bits per heavy atom. The lowest BCUT2D eigenvalue weighted by atomic mass is 9.96. The number of hydrogen-bond donors (Lipinski definition) is 5. The van der Waals surface area contributed by atoms with Crippen LogP contribution < -0.4 is 16.8 Å². The van der Waals surface area contributed by atoms with Crippen LogP contribution in [0.2, 0.25) is 0 Å². The minimum Gasteiger partial charge on any atom is -0.508 e. The highest BCUT2D eigenvalue weighted by Crippen LogP contribution is 2.46. The lowest BCUT2D eigenvalue weighted by Crippen LogP contribution is -2.65. The Balaban J connectivity index is 1.57. The van der Waals surface area contributed by atoms with Crippen LogP contribution in [0, 0.1) is 0 Å². The highest BCUT2D eigenvalue weighted by atomic mass is 32.2. The second-order valence-corrected chi connectivity index (χ2v) is 13.4. The predicted molar refractivity (Wildman–Crippen MR) is 192 cm³/mol. The van der Waals surface area contributed by atoms with Crippen LogP contribution in [0.3, 0.4) is 0 Å². The number of alkyl halides is 3. The number of imide groups is 1. The molecule has 0 fully saturated rings. The standard InChI is InChI=1S/C36H37F5N6O7S/c1-55-16-15-29(33(52)53)46(34(54)36(39,47(40)41)35(37,38)23-7-3-2-4-8-23)30(49)19-44-31(50)26(42)18-22-20-45(28-10-6-5-9-25(22)28)32(51)27(43)17-21-11-13-24(48)14-12-21/h2-14,20,26-27,29,48H,15-19,42-43H2,1H3,(H,44,50)(H,52,53)/t26-,27+,29+,36-/m1/s1. The van der Waals surface area contributed by atoms with Gasteiger partial charge in [0.05, 0.1) is 29.5 Å². The average molecular weight is 793 g/mol. The quantitative estimate of drug-likeness (QED) is 0.0594. The highest BCUT2D eigenvalue weighted by molar-refractivity contribution is 7.98. The Kier molecular flexibility index (Phi) is 13.7. The molecule has 0 bridgehead atoms. The van der Waals surface area contributed by atoms with Gasteiger partial charge in [0, 0.05) is 17.1 Å². The smallest absolute Gasteiger partial charge is 0.365 e. The molecule has 0 unspecified atom stereocenters. The van der Waals surface area contributed by atoms with Crippen LogP contribution in [0.15, 0.2) is 85.1 Å². The van der Waals surface area contributed by atoms with E-state index in [9.17, 15) is 43.1 Å². The van der Waals surface area contributed by atoms with Crippen molar-refractivity contribution in [3.05, 3.63) is 102 Å². The lowest BCUT2D eigenvalue weighted by molar-refractivity contribution is -0.337. The van der Waals surface area contributed by atoms with Gasteiger partial charge in [0.15, 0.2) is 0 Å². The van der Waals surface area contributed by atoms with Gasteiger partial charge in [-0.3, -0.25) is 28.6 Å². The molecule has 0 saturated heterocycles. The van der Waals surface area contributed by atoms with Gasteiger partial charge in [-0.05, 0) is 60.6 Å². The number of halogens is 5. The molecule has 3 aromatic carbocycles. The van der Waals surface area contributed by atoms with Crippen molar-refractivity contribution in [1.82, 2.24) is 20.1 Å². The third-order valence-electron chi connectivity index (χ3n) is 8.68. The van der Waals surface area contributed by atoms with Crippen LogP contribution in [0.25, 0.3) is 10.9 Å². The monoisotopic (exact) mass is 792 g/mol. The second kappa shape index (κ2) is 17.8. The molecule has 4 rings (SSSR count). The first kappa shape index (κ1) is 42.4. The third-order valence-corrected chi connectivity index (χ3v) is 9.32. The summed E-state index contributed by atoms with van der Waals surface area (Å²) in [5.74, 6) is -19.3. The first-order valence-corrected chi connectivity index (χ1v) is 17.9. The summed E-state index contributed by atoms with van der Waals surface area (Å²) in [5, 5.41) is 19.2. The number of nitrogens with one attached hydrogen (secondary N) is 1. The summed E-state index contributed by atoms with van der Waals surface area (Å²) in [5.41, 5.74) is 12.4. The molecule has 0 aliphatic carbocycles. The molecular weight excluding hydrogens is 755 g/mol. The Morgan fingerprint density at radius 1 is 0.891 bits per heavy atom. The molecule has 3 amide bonds. The molecule has 294 valence electrons. The van der Waals surface area contributed by atoms with Crippen molar-refractivity contribution < 1.29 is 56.3 Å². The van der Waals surface area contributed by atoms with Crippen molar-refractivity contribution in [3.8, 4) is 5.75 Å². The molecular formula is C36H37F5N6O7S. The Hall–Kier alpha value is -5.37. The predicted octanol–water partition coefficient (Wildman–Crippen LogP) is 3.63. The normalized spacial score (nSPS) is 14.5. The summed E-state index contributed by atoms with van der Waals surface area (Å²) in [7, 11) is 0. The number of aromatic nitrogens is 1. The molecule has 4 aromatic rings. The number of fused-ring (bicyclic) bond motifs is 1. The van der Waals surface area contributed by atoms with E-state index in [2.05, 4.69) is 0 Å². The van der Waals surface area contributed by atoms with E-state index in [-0.39, 0.29) is 24.3 Å². The molecule has 1 heterocycles. The number of carbonyl (C=O) groups excluding carboxylic acids is 4. The van der Waals surface area contributed by atoms with E-state index in [0.29, 0.717) is 34.2 Å². The number of carboxylic acid groups (broad SMARTS) is 1. The van der Waals surface area contributed by atoms with Gasteiger partial charge >= 0.3 is 17.7 Å². The lowest BCUT2D eigenvalue weighted by Gasteiger charge is -2.37. The largest absolute Gasteiger partial charge is 0.508 e. The van der Waals surface area contributed by atoms with Gasteiger partial charge in [-0.15, -0.1) is 0 Å². The Bertz CT molecular complexity index is 2020. The molecule has 1 aromatic heterocycles. The van der Waals surface area contributed by atoms with Crippen molar-refractivity contribution in [2.75, 3.05) is 18.6 Å². The molecule has 0 aliphatic heterocycles. The summed E-state index contributed by atoms with van der Waals surface area (Å²) in [6.45, 7) is -1.33. The van der Waals surface area contributed by atoms with Gasteiger partial charge in [-0.25, -0.2) is 9.18 Å². The minimum atomic E-state index is -5.57. The zero-order chi connectivity index (χ0) is 40.7. The zero-order valence-electron chi connectivity index (χ0n) is 29.1. The molecule has 0 radical (unpaired) electrons. The van der Waals surface area contributed by atoms with Crippen molar-refractivity contribution in [1.29, 1.82) is 0 Å². The van der Waals surface area contributed by atoms with Gasteiger partial charge in [0.1, 0.15) is 11.8 Å². The summed E-state index contributed by atoms with van der Waals surface area (Å²) in [4.78, 5) is 65.1. The number of nitrogens with zero attached hydrogens (tertiary/aromatic N) is 3. The zero-order valence-corrected chi connectivity index (χ0v) is 29.9.